The number of thioether (sulfide) groups is 1. The maximum absolute atomic E-state index is 12.0. The lowest BCUT2D eigenvalue weighted by Gasteiger charge is -2.25. The van der Waals surface area contributed by atoms with Gasteiger partial charge >= 0.3 is 0 Å². The van der Waals surface area contributed by atoms with Gasteiger partial charge in [0, 0.05) is 4.90 Å². The van der Waals surface area contributed by atoms with E-state index in [0.717, 1.165) is 5.56 Å². The summed E-state index contributed by atoms with van der Waals surface area (Å²) in [7, 11) is 1.79. The Bertz CT molecular complexity index is 401. The molecule has 2 N–H and O–H groups in total. The highest BCUT2D eigenvalue weighted by Crippen LogP contribution is 2.19. The van der Waals surface area contributed by atoms with Crippen molar-refractivity contribution in [3.8, 4) is 0 Å². The van der Waals surface area contributed by atoms with Crippen LogP contribution in [0, 0.1) is 0 Å². The number of hydrogen-bond acceptors (Lipinski definition) is 3. The molecule has 1 amide bonds. The number of benzene rings is 1. The first-order valence-corrected chi connectivity index (χ1v) is 7.27. The lowest BCUT2D eigenvalue weighted by atomic mass is 10.0. The third-order valence-electron chi connectivity index (χ3n) is 3.16. The smallest absolute Gasteiger partial charge is 0.240 e. The monoisotopic (exact) mass is 266 g/mol. The molecule has 1 atom stereocenters. The van der Waals surface area contributed by atoms with Crippen LogP contribution in [0.4, 0.5) is 0 Å². The van der Waals surface area contributed by atoms with Crippen molar-refractivity contribution in [1.29, 1.82) is 0 Å². The van der Waals surface area contributed by atoms with Crippen molar-refractivity contribution in [3.63, 3.8) is 0 Å². The first-order valence-electron chi connectivity index (χ1n) is 6.04. The molecule has 100 valence electrons. The summed E-state index contributed by atoms with van der Waals surface area (Å²) in [4.78, 5) is 13.3. The van der Waals surface area contributed by atoms with Crippen molar-refractivity contribution < 1.29 is 4.79 Å². The maximum Gasteiger partial charge on any atom is 0.240 e. The lowest BCUT2D eigenvalue weighted by molar-refractivity contribution is -0.126. The molecule has 0 aliphatic carbocycles. The highest BCUT2D eigenvalue weighted by molar-refractivity contribution is 7.98. The molecule has 0 fully saturated rings. The number of nitrogens with one attached hydrogen (secondary N) is 2. The first-order chi connectivity index (χ1) is 8.40. The zero-order chi connectivity index (χ0) is 13.8. The third kappa shape index (κ3) is 3.75. The Morgan fingerprint density at radius 2 is 1.83 bits per heavy atom. The molecule has 0 radical (unpaired) electrons. The van der Waals surface area contributed by atoms with Gasteiger partial charge in [0.05, 0.1) is 11.6 Å². The van der Waals surface area contributed by atoms with Gasteiger partial charge in [0.2, 0.25) is 5.91 Å². The van der Waals surface area contributed by atoms with Crippen LogP contribution in [-0.4, -0.2) is 24.7 Å². The fourth-order valence-electron chi connectivity index (χ4n) is 1.47. The lowest BCUT2D eigenvalue weighted by Crippen LogP contribution is -2.51. The topological polar surface area (TPSA) is 41.1 Å². The van der Waals surface area contributed by atoms with E-state index in [1.54, 1.807) is 18.8 Å². The van der Waals surface area contributed by atoms with E-state index >= 15 is 0 Å². The van der Waals surface area contributed by atoms with Crippen LogP contribution in [0.2, 0.25) is 0 Å². The number of amides is 1. The Balaban J connectivity index is 2.70. The normalized spacial score (nSPS) is 13.2. The number of rotatable bonds is 5. The van der Waals surface area contributed by atoms with Crippen molar-refractivity contribution in [1.82, 2.24) is 10.6 Å². The Morgan fingerprint density at radius 3 is 2.28 bits per heavy atom. The van der Waals surface area contributed by atoms with E-state index in [4.69, 9.17) is 0 Å². The van der Waals surface area contributed by atoms with Gasteiger partial charge in [-0.1, -0.05) is 12.1 Å². The third-order valence-corrected chi connectivity index (χ3v) is 3.90. The number of carbonyl (C=O) groups is 1. The molecule has 18 heavy (non-hydrogen) atoms. The van der Waals surface area contributed by atoms with Crippen LogP contribution in [0.3, 0.4) is 0 Å². The summed E-state index contributed by atoms with van der Waals surface area (Å²) >= 11 is 1.71. The van der Waals surface area contributed by atoms with Crippen molar-refractivity contribution in [2.75, 3.05) is 13.3 Å². The zero-order valence-corrected chi connectivity index (χ0v) is 12.5. The first kappa shape index (κ1) is 15.1. The van der Waals surface area contributed by atoms with Crippen molar-refractivity contribution in [2.45, 2.75) is 37.2 Å². The maximum atomic E-state index is 12.0. The van der Waals surface area contributed by atoms with E-state index in [1.165, 1.54) is 4.90 Å². The predicted octanol–water partition coefficient (Wildman–Crippen LogP) is 2.58. The van der Waals surface area contributed by atoms with Crippen molar-refractivity contribution >= 4 is 17.7 Å². The fourth-order valence-corrected chi connectivity index (χ4v) is 1.87. The average molecular weight is 266 g/mol. The Kier molecular flexibility index (Phi) is 5.23. The molecule has 1 aromatic carbocycles. The number of hydrogen-bond donors (Lipinski definition) is 2. The molecule has 0 heterocycles. The van der Waals surface area contributed by atoms with Gasteiger partial charge in [-0.3, -0.25) is 4.79 Å². The molecule has 0 bridgehead atoms. The van der Waals surface area contributed by atoms with Crippen molar-refractivity contribution in [3.05, 3.63) is 29.8 Å². The minimum absolute atomic E-state index is 0.00597. The van der Waals surface area contributed by atoms with E-state index < -0.39 is 5.54 Å². The van der Waals surface area contributed by atoms with Crippen LogP contribution in [0.5, 0.6) is 0 Å². The SMILES string of the molecule is CNC(C)(C)C(=O)NC(C)c1ccc(SC)cc1. The minimum atomic E-state index is -0.548. The summed E-state index contributed by atoms with van der Waals surface area (Å²) in [6.45, 7) is 5.73. The molecule has 0 aliphatic rings. The second-order valence-corrected chi connectivity index (χ2v) is 5.72. The van der Waals surface area contributed by atoms with E-state index in [2.05, 4.69) is 41.2 Å². The Morgan fingerprint density at radius 1 is 1.28 bits per heavy atom. The fraction of sp³-hybridized carbons (Fsp3) is 0.500. The van der Waals surface area contributed by atoms with E-state index in [9.17, 15) is 4.79 Å². The summed E-state index contributed by atoms with van der Waals surface area (Å²) in [5, 5.41) is 6.02. The summed E-state index contributed by atoms with van der Waals surface area (Å²) in [5.74, 6) is 0.00597. The molecule has 0 saturated heterocycles. The molecule has 0 aliphatic heterocycles. The predicted molar refractivity (Wildman–Crippen MR) is 77.9 cm³/mol. The Hall–Kier alpha value is -1.00. The van der Waals surface area contributed by atoms with Gasteiger partial charge in [-0.25, -0.2) is 0 Å². The summed E-state index contributed by atoms with van der Waals surface area (Å²) in [6.07, 6.45) is 2.05. The van der Waals surface area contributed by atoms with Gasteiger partial charge in [0.1, 0.15) is 0 Å². The standard InChI is InChI=1S/C14H22N2OS/c1-10(16-13(17)14(2,3)15-4)11-6-8-12(18-5)9-7-11/h6-10,15H,1-5H3,(H,16,17). The van der Waals surface area contributed by atoms with E-state index in [1.807, 2.05) is 20.8 Å². The number of likely N-dealkylation sites (N-methyl/N-ethyl adjacent to an activating group) is 1. The van der Waals surface area contributed by atoms with Crippen LogP contribution in [0.25, 0.3) is 0 Å². The van der Waals surface area contributed by atoms with Crippen LogP contribution in [0.1, 0.15) is 32.4 Å². The van der Waals surface area contributed by atoms with Gasteiger partial charge in [-0.05, 0) is 51.8 Å². The summed E-state index contributed by atoms with van der Waals surface area (Å²) < 4.78 is 0. The van der Waals surface area contributed by atoms with Gasteiger partial charge in [0.25, 0.3) is 0 Å². The van der Waals surface area contributed by atoms with Crippen LogP contribution < -0.4 is 10.6 Å². The minimum Gasteiger partial charge on any atom is -0.348 e. The van der Waals surface area contributed by atoms with E-state index in [-0.39, 0.29) is 11.9 Å². The molecule has 4 heteroatoms. The van der Waals surface area contributed by atoms with Gasteiger partial charge < -0.3 is 10.6 Å². The molecule has 0 spiro atoms. The number of carbonyl (C=O) groups excluding carboxylic acids is 1. The van der Waals surface area contributed by atoms with Gasteiger partial charge in [-0.2, -0.15) is 0 Å². The molecule has 1 unspecified atom stereocenters. The van der Waals surface area contributed by atoms with Crippen molar-refractivity contribution in [2.24, 2.45) is 0 Å². The second kappa shape index (κ2) is 6.25. The average Bonchev–Trinajstić information content (AvgIpc) is 2.38. The van der Waals surface area contributed by atoms with Crippen LogP contribution >= 0.6 is 11.8 Å². The highest BCUT2D eigenvalue weighted by atomic mass is 32.2. The zero-order valence-electron chi connectivity index (χ0n) is 11.7. The summed E-state index contributed by atoms with van der Waals surface area (Å²) in [6, 6.07) is 8.28. The highest BCUT2D eigenvalue weighted by Gasteiger charge is 2.26. The van der Waals surface area contributed by atoms with Gasteiger partial charge in [0.15, 0.2) is 0 Å². The molecule has 1 aromatic rings. The quantitative estimate of drug-likeness (QED) is 0.805. The van der Waals surface area contributed by atoms with Crippen LogP contribution in [-0.2, 0) is 4.79 Å². The van der Waals surface area contributed by atoms with E-state index in [0.29, 0.717) is 0 Å². The molecular weight excluding hydrogens is 244 g/mol. The molecule has 3 nitrogen and oxygen atoms in total. The second-order valence-electron chi connectivity index (χ2n) is 4.84. The largest absolute Gasteiger partial charge is 0.348 e. The molecule has 1 rings (SSSR count). The van der Waals surface area contributed by atoms with Crippen LogP contribution in [0.15, 0.2) is 29.2 Å². The molecule has 0 saturated carbocycles. The molecule has 0 aromatic heterocycles. The summed E-state index contributed by atoms with van der Waals surface area (Å²) in [5.41, 5.74) is 0.570. The molecular formula is C14H22N2OS. The van der Waals surface area contributed by atoms with Gasteiger partial charge in [-0.15, -0.1) is 11.8 Å². The Labute approximate surface area is 114 Å².